The standard InChI is InChI=1S/C30H30F4N3O2.2ClH/c31-25-9-8-23(16-27(25)33)39-22-6-4-20(5-7-22)19-36-14-10-21(11-15-36)24-17-29(28(34)18-26(24)32)35-30(38)37-12-2-1-3-13-37;;/h1,4-9,16-18,21H,2-3,10-15,19H2,(H,35,38);2*1H. The number of ether oxygens (including phenoxy) is 1. The number of hydrogen-bond acceptors (Lipinski definition) is 3. The smallest absolute Gasteiger partial charge is 0.321 e. The molecule has 0 saturated carbocycles. The van der Waals surface area contributed by atoms with E-state index in [2.05, 4.69) is 16.6 Å². The van der Waals surface area contributed by atoms with Crippen LogP contribution in [0.5, 0.6) is 11.5 Å². The number of carbonyl (C=O) groups excluding carboxylic acids is 1. The molecule has 2 fully saturated rings. The molecule has 0 spiro atoms. The molecule has 5 rings (SSSR count). The van der Waals surface area contributed by atoms with Crippen molar-refractivity contribution in [3.63, 3.8) is 0 Å². The molecule has 11 heteroatoms. The molecule has 2 aliphatic heterocycles. The van der Waals surface area contributed by atoms with E-state index in [9.17, 15) is 22.4 Å². The van der Waals surface area contributed by atoms with Gasteiger partial charge in [-0.15, -0.1) is 24.8 Å². The molecule has 221 valence electrons. The summed E-state index contributed by atoms with van der Waals surface area (Å²) in [6.07, 6.45) is 5.14. The molecule has 1 N–H and O–H groups in total. The molecule has 0 unspecified atom stereocenters. The molecule has 0 atom stereocenters. The van der Waals surface area contributed by atoms with Crippen LogP contribution in [-0.4, -0.2) is 42.0 Å². The lowest BCUT2D eigenvalue weighted by atomic mass is 9.88. The van der Waals surface area contributed by atoms with Gasteiger partial charge in [0.1, 0.15) is 23.1 Å². The predicted molar refractivity (Wildman–Crippen MR) is 155 cm³/mol. The van der Waals surface area contributed by atoms with E-state index in [1.807, 2.05) is 12.1 Å². The topological polar surface area (TPSA) is 44.8 Å². The van der Waals surface area contributed by atoms with E-state index in [0.717, 1.165) is 49.7 Å². The Kier molecular flexibility index (Phi) is 11.7. The lowest BCUT2D eigenvalue weighted by molar-refractivity contribution is 0.203. The average Bonchev–Trinajstić information content (AvgIpc) is 2.94. The summed E-state index contributed by atoms with van der Waals surface area (Å²) in [5, 5.41) is 2.63. The number of amides is 2. The van der Waals surface area contributed by atoms with Gasteiger partial charge in [-0.1, -0.05) is 12.1 Å². The van der Waals surface area contributed by atoms with Crippen LogP contribution in [0.1, 0.15) is 42.7 Å². The lowest BCUT2D eigenvalue weighted by Crippen LogP contribution is -2.39. The van der Waals surface area contributed by atoms with Crippen LogP contribution in [0.25, 0.3) is 0 Å². The van der Waals surface area contributed by atoms with E-state index in [1.54, 1.807) is 17.0 Å². The molecule has 2 amide bonds. The van der Waals surface area contributed by atoms with Gasteiger partial charge < -0.3 is 15.0 Å². The number of urea groups is 1. The molecule has 0 aromatic heterocycles. The number of benzene rings is 3. The third-order valence-corrected chi connectivity index (χ3v) is 7.31. The number of rotatable bonds is 6. The van der Waals surface area contributed by atoms with Gasteiger partial charge in [0.25, 0.3) is 0 Å². The maximum absolute atomic E-state index is 14.8. The molecule has 5 nitrogen and oxygen atoms in total. The Hall–Kier alpha value is -3.01. The number of anilines is 1. The zero-order valence-electron chi connectivity index (χ0n) is 22.3. The number of piperidine rings is 2. The summed E-state index contributed by atoms with van der Waals surface area (Å²) in [6, 6.07) is 12.7. The molecular formula is C30H32Cl2F4N3O2. The Morgan fingerprint density at radius 1 is 0.780 bits per heavy atom. The lowest BCUT2D eigenvalue weighted by Gasteiger charge is -2.32. The molecule has 41 heavy (non-hydrogen) atoms. The summed E-state index contributed by atoms with van der Waals surface area (Å²) in [5.74, 6) is -2.61. The van der Waals surface area contributed by atoms with E-state index >= 15 is 0 Å². The number of likely N-dealkylation sites (tertiary alicyclic amines) is 2. The van der Waals surface area contributed by atoms with Crippen LogP contribution in [0.15, 0.2) is 54.6 Å². The van der Waals surface area contributed by atoms with Crippen LogP contribution in [0, 0.1) is 29.7 Å². The van der Waals surface area contributed by atoms with Gasteiger partial charge in [0, 0.05) is 31.8 Å². The molecule has 2 heterocycles. The first-order valence-electron chi connectivity index (χ1n) is 13.2. The van der Waals surface area contributed by atoms with Crippen molar-refractivity contribution in [3.05, 3.63) is 95.4 Å². The van der Waals surface area contributed by atoms with Crippen LogP contribution in [-0.2, 0) is 6.54 Å². The van der Waals surface area contributed by atoms with Gasteiger partial charge in [-0.2, -0.15) is 0 Å². The highest BCUT2D eigenvalue weighted by Crippen LogP contribution is 2.33. The molecule has 3 aromatic rings. The number of nitrogens with one attached hydrogen (secondary N) is 1. The summed E-state index contributed by atoms with van der Waals surface area (Å²) in [4.78, 5) is 16.4. The number of hydrogen-bond donors (Lipinski definition) is 1. The fraction of sp³-hybridized carbons (Fsp3) is 0.333. The third kappa shape index (κ3) is 8.27. The van der Waals surface area contributed by atoms with E-state index in [0.29, 0.717) is 43.8 Å². The first kappa shape index (κ1) is 32.5. The molecule has 2 aliphatic rings. The van der Waals surface area contributed by atoms with Crippen molar-refractivity contribution in [1.82, 2.24) is 9.80 Å². The highest BCUT2D eigenvalue weighted by Gasteiger charge is 2.25. The van der Waals surface area contributed by atoms with Crippen molar-refractivity contribution in [2.75, 3.05) is 31.5 Å². The monoisotopic (exact) mass is 612 g/mol. The molecular weight excluding hydrogens is 581 g/mol. The highest BCUT2D eigenvalue weighted by atomic mass is 35.5. The molecule has 3 aromatic carbocycles. The number of halogens is 6. The minimum Gasteiger partial charge on any atom is -0.457 e. The van der Waals surface area contributed by atoms with Gasteiger partial charge in [0.2, 0.25) is 0 Å². The maximum Gasteiger partial charge on any atom is 0.321 e. The second kappa shape index (κ2) is 14.8. The Balaban J connectivity index is 0.00000231. The number of carbonyl (C=O) groups is 1. The van der Waals surface area contributed by atoms with Crippen LogP contribution in [0.4, 0.5) is 28.0 Å². The predicted octanol–water partition coefficient (Wildman–Crippen LogP) is 8.09. The van der Waals surface area contributed by atoms with Crippen molar-refractivity contribution < 1.29 is 27.1 Å². The average molecular weight is 614 g/mol. The van der Waals surface area contributed by atoms with Gasteiger partial charge in [-0.3, -0.25) is 4.90 Å². The van der Waals surface area contributed by atoms with Gasteiger partial charge in [-0.05, 0) is 92.6 Å². The first-order chi connectivity index (χ1) is 18.9. The van der Waals surface area contributed by atoms with Crippen LogP contribution >= 0.6 is 24.8 Å². The Labute approximate surface area is 249 Å². The minimum atomic E-state index is -0.967. The second-order valence-electron chi connectivity index (χ2n) is 10.0. The summed E-state index contributed by atoms with van der Waals surface area (Å²) < 4.78 is 61.4. The van der Waals surface area contributed by atoms with E-state index in [-0.39, 0.29) is 48.2 Å². The number of nitrogens with zero attached hydrogens (tertiary/aromatic N) is 2. The van der Waals surface area contributed by atoms with Crippen LogP contribution in [0.2, 0.25) is 0 Å². The van der Waals surface area contributed by atoms with Gasteiger partial charge >= 0.3 is 6.03 Å². The van der Waals surface area contributed by atoms with Gasteiger partial charge in [0.05, 0.1) is 5.69 Å². The normalized spacial score (nSPS) is 16.0. The van der Waals surface area contributed by atoms with E-state index < -0.39 is 23.3 Å². The molecule has 0 bridgehead atoms. The molecule has 0 aliphatic carbocycles. The minimum absolute atomic E-state index is 0. The summed E-state index contributed by atoms with van der Waals surface area (Å²) in [6.45, 7) is 3.34. The fourth-order valence-corrected chi connectivity index (χ4v) is 5.12. The Morgan fingerprint density at radius 3 is 2.10 bits per heavy atom. The zero-order valence-corrected chi connectivity index (χ0v) is 23.9. The van der Waals surface area contributed by atoms with Crippen LogP contribution in [0.3, 0.4) is 0 Å². The zero-order chi connectivity index (χ0) is 27.4. The van der Waals surface area contributed by atoms with Crippen molar-refractivity contribution in [2.24, 2.45) is 0 Å². The van der Waals surface area contributed by atoms with Crippen molar-refractivity contribution in [1.29, 1.82) is 0 Å². The summed E-state index contributed by atoms with van der Waals surface area (Å²) >= 11 is 0. The largest absolute Gasteiger partial charge is 0.457 e. The summed E-state index contributed by atoms with van der Waals surface area (Å²) in [5.41, 5.74) is 1.50. The molecule has 1 radical (unpaired) electrons. The van der Waals surface area contributed by atoms with Crippen molar-refractivity contribution >= 4 is 36.5 Å². The second-order valence-corrected chi connectivity index (χ2v) is 10.0. The van der Waals surface area contributed by atoms with Crippen LogP contribution < -0.4 is 10.1 Å². The van der Waals surface area contributed by atoms with Gasteiger partial charge in [-0.25, -0.2) is 22.4 Å². The Morgan fingerprint density at radius 2 is 1.44 bits per heavy atom. The Bertz CT molecular complexity index is 1320. The highest BCUT2D eigenvalue weighted by molar-refractivity contribution is 5.89. The molecule has 2 saturated heterocycles. The van der Waals surface area contributed by atoms with Gasteiger partial charge in [0.15, 0.2) is 11.6 Å². The fourth-order valence-electron chi connectivity index (χ4n) is 5.12. The van der Waals surface area contributed by atoms with E-state index in [1.165, 1.54) is 12.1 Å². The quantitative estimate of drug-likeness (QED) is 0.286. The summed E-state index contributed by atoms with van der Waals surface area (Å²) in [7, 11) is 0. The maximum atomic E-state index is 14.8. The van der Waals surface area contributed by atoms with Crippen molar-refractivity contribution in [3.8, 4) is 11.5 Å². The van der Waals surface area contributed by atoms with E-state index in [4.69, 9.17) is 4.74 Å². The SMILES string of the molecule is Cl.Cl.O=C(Nc1cc(C2CCN(Cc3ccc(Oc4ccc(F)c(F)c4)cc3)CC2)c(F)cc1F)N1CC[CH]CC1. The third-order valence-electron chi connectivity index (χ3n) is 7.31. The van der Waals surface area contributed by atoms with Crippen molar-refractivity contribution in [2.45, 2.75) is 38.1 Å². The first-order valence-corrected chi connectivity index (χ1v) is 13.2.